The molecule has 2 aromatic heterocycles. The van der Waals surface area contributed by atoms with Gasteiger partial charge in [-0.2, -0.15) is 8.78 Å². The number of alkyl halides is 2. The van der Waals surface area contributed by atoms with Gasteiger partial charge in [0, 0.05) is 30.3 Å². The number of nitrogens with zero attached hydrogens (tertiary/aromatic N) is 4. The van der Waals surface area contributed by atoms with Crippen LogP contribution in [0, 0.1) is 0 Å². The Balaban J connectivity index is 1.78. The van der Waals surface area contributed by atoms with E-state index in [1.54, 1.807) is 18.5 Å². The zero-order valence-corrected chi connectivity index (χ0v) is 16.2. The average Bonchev–Trinajstić information content (AvgIpc) is 3.10. The summed E-state index contributed by atoms with van der Waals surface area (Å²) < 4.78 is 50.1. The van der Waals surface area contributed by atoms with Gasteiger partial charge in [-0.3, -0.25) is 9.55 Å². The number of halogens is 2. The van der Waals surface area contributed by atoms with Crippen molar-refractivity contribution in [2.45, 2.75) is 28.1 Å². The van der Waals surface area contributed by atoms with E-state index in [4.69, 9.17) is 0 Å². The number of rotatable bonds is 8. The van der Waals surface area contributed by atoms with Crippen LogP contribution in [-0.4, -0.2) is 33.9 Å². The second-order valence-corrected chi connectivity index (χ2v) is 8.54. The van der Waals surface area contributed by atoms with Gasteiger partial charge in [-0.05, 0) is 29.8 Å². The summed E-state index contributed by atoms with van der Waals surface area (Å²) in [5.74, 6) is -2.28. The van der Waals surface area contributed by atoms with Crippen molar-refractivity contribution in [3.63, 3.8) is 0 Å². The summed E-state index contributed by atoms with van der Waals surface area (Å²) in [4.78, 5) is 3.59. The fourth-order valence-electron chi connectivity index (χ4n) is 2.43. The highest BCUT2D eigenvalue weighted by atomic mass is 32.2. The topological polar surface area (TPSA) is 77.7 Å². The van der Waals surface area contributed by atoms with Crippen LogP contribution < -0.4 is 0 Å². The molecular weight excluding hydrogens is 406 g/mol. The van der Waals surface area contributed by atoms with E-state index in [0.29, 0.717) is 23.3 Å². The van der Waals surface area contributed by atoms with E-state index in [1.165, 1.54) is 36.0 Å². The predicted octanol–water partition coefficient (Wildman–Crippen LogP) is 3.81. The molecule has 146 valence electrons. The van der Waals surface area contributed by atoms with Crippen LogP contribution in [0.5, 0.6) is 0 Å². The van der Waals surface area contributed by atoms with Gasteiger partial charge in [-0.25, -0.2) is 8.42 Å². The maximum absolute atomic E-state index is 12.6. The number of hydrogen-bond acceptors (Lipinski definition) is 6. The van der Waals surface area contributed by atoms with E-state index in [1.807, 2.05) is 16.7 Å². The van der Waals surface area contributed by atoms with Crippen molar-refractivity contribution in [1.82, 2.24) is 19.7 Å². The molecule has 0 aliphatic heterocycles. The number of sulfone groups is 1. The van der Waals surface area contributed by atoms with E-state index in [2.05, 4.69) is 21.8 Å². The van der Waals surface area contributed by atoms with Crippen LogP contribution in [0.3, 0.4) is 0 Å². The Morgan fingerprint density at radius 3 is 2.39 bits per heavy atom. The maximum atomic E-state index is 12.6. The molecule has 0 aliphatic carbocycles. The van der Waals surface area contributed by atoms with Gasteiger partial charge >= 0.3 is 5.76 Å². The highest BCUT2D eigenvalue weighted by molar-refractivity contribution is 7.98. The minimum atomic E-state index is -4.58. The molecule has 1 aromatic carbocycles. The Hall–Kier alpha value is -2.59. The molecule has 0 N–H and O–H groups in total. The monoisotopic (exact) mass is 422 g/mol. The van der Waals surface area contributed by atoms with Crippen LogP contribution >= 0.6 is 11.8 Å². The largest absolute Gasteiger partial charge is 0.341 e. The first kappa shape index (κ1) is 20.2. The molecule has 0 bridgehead atoms. The number of pyridine rings is 1. The summed E-state index contributed by atoms with van der Waals surface area (Å²) in [6, 6.07) is 9.07. The number of thioether (sulfide) groups is 1. The molecule has 0 saturated heterocycles. The van der Waals surface area contributed by atoms with Gasteiger partial charge in [0.05, 0.1) is 4.90 Å². The predicted molar refractivity (Wildman–Crippen MR) is 103 cm³/mol. The van der Waals surface area contributed by atoms with E-state index < -0.39 is 20.5 Å². The number of allylic oxidation sites excluding steroid dienone is 1. The summed E-state index contributed by atoms with van der Waals surface area (Å²) in [5, 5.41) is 9.12. The van der Waals surface area contributed by atoms with Crippen molar-refractivity contribution >= 4 is 21.6 Å². The molecule has 3 aromatic rings. The molecule has 0 radical (unpaired) electrons. The van der Waals surface area contributed by atoms with Crippen molar-refractivity contribution in [2.75, 3.05) is 0 Å². The van der Waals surface area contributed by atoms with Crippen LogP contribution in [0.25, 0.3) is 11.4 Å². The quantitative estimate of drug-likeness (QED) is 0.406. The molecule has 2 heterocycles. The van der Waals surface area contributed by atoms with Crippen molar-refractivity contribution < 1.29 is 17.2 Å². The molecule has 0 saturated carbocycles. The van der Waals surface area contributed by atoms with Crippen molar-refractivity contribution in [1.29, 1.82) is 0 Å². The SMILES string of the molecule is C=CCn1c(SCc2ccc(S(=O)(=O)C(F)F)cc2)nnc1-c1ccncc1. The van der Waals surface area contributed by atoms with Gasteiger partial charge in [0.1, 0.15) is 0 Å². The Bertz CT molecular complexity index is 1050. The Labute approximate surface area is 165 Å². The van der Waals surface area contributed by atoms with E-state index in [-0.39, 0.29) is 0 Å². The normalized spacial score (nSPS) is 11.7. The van der Waals surface area contributed by atoms with Crippen LogP contribution in [0.4, 0.5) is 8.78 Å². The van der Waals surface area contributed by atoms with Gasteiger partial charge in [0.25, 0.3) is 0 Å². The van der Waals surface area contributed by atoms with Crippen molar-refractivity contribution in [2.24, 2.45) is 0 Å². The van der Waals surface area contributed by atoms with Crippen LogP contribution in [0.15, 0.2) is 71.5 Å². The third-order valence-electron chi connectivity index (χ3n) is 3.82. The second kappa shape index (κ2) is 8.61. The lowest BCUT2D eigenvalue weighted by Crippen LogP contribution is -2.11. The standard InChI is InChI=1S/C18H16F2N4O2S2/c1-2-11-24-16(14-7-9-21-10-8-14)22-23-18(24)27-12-13-3-5-15(6-4-13)28(25,26)17(19)20/h2-10,17H,1,11-12H2. The van der Waals surface area contributed by atoms with Gasteiger partial charge < -0.3 is 0 Å². The summed E-state index contributed by atoms with van der Waals surface area (Å²) in [7, 11) is -4.58. The molecule has 0 unspecified atom stereocenters. The molecule has 6 nitrogen and oxygen atoms in total. The fourth-order valence-corrected chi connectivity index (χ4v) is 4.05. The van der Waals surface area contributed by atoms with Gasteiger partial charge in [0.2, 0.25) is 9.84 Å². The molecule has 28 heavy (non-hydrogen) atoms. The zero-order chi connectivity index (χ0) is 20.1. The summed E-state index contributed by atoms with van der Waals surface area (Å²) in [5.41, 5.74) is 1.65. The second-order valence-electron chi connectivity index (χ2n) is 5.68. The smallest absolute Gasteiger partial charge is 0.298 e. The fraction of sp³-hybridized carbons (Fsp3) is 0.167. The average molecular weight is 422 g/mol. The molecule has 0 amide bonds. The molecule has 0 atom stereocenters. The molecule has 0 aliphatic rings. The Kier molecular flexibility index (Phi) is 6.20. The molecule has 10 heteroatoms. The van der Waals surface area contributed by atoms with Gasteiger partial charge in [-0.1, -0.05) is 30.0 Å². The Morgan fingerprint density at radius 1 is 1.11 bits per heavy atom. The van der Waals surface area contributed by atoms with Crippen LogP contribution in [0.2, 0.25) is 0 Å². The van der Waals surface area contributed by atoms with Gasteiger partial charge in [-0.15, -0.1) is 16.8 Å². The zero-order valence-electron chi connectivity index (χ0n) is 14.6. The lowest BCUT2D eigenvalue weighted by atomic mass is 10.2. The lowest BCUT2D eigenvalue weighted by Gasteiger charge is -2.08. The molecule has 0 spiro atoms. The van der Waals surface area contributed by atoms with Gasteiger partial charge in [0.15, 0.2) is 11.0 Å². The maximum Gasteiger partial charge on any atom is 0.341 e. The summed E-state index contributed by atoms with van der Waals surface area (Å²) in [6.07, 6.45) is 5.08. The third kappa shape index (κ3) is 4.28. The number of hydrogen-bond donors (Lipinski definition) is 0. The number of aromatic nitrogens is 4. The van der Waals surface area contributed by atoms with Crippen LogP contribution in [-0.2, 0) is 22.1 Å². The first-order chi connectivity index (χ1) is 13.4. The number of benzene rings is 1. The minimum absolute atomic E-state index is 0.397. The van der Waals surface area contributed by atoms with Crippen molar-refractivity contribution in [3.05, 3.63) is 67.0 Å². The Morgan fingerprint density at radius 2 is 1.79 bits per heavy atom. The summed E-state index contributed by atoms with van der Waals surface area (Å²) >= 11 is 1.40. The first-order valence-corrected chi connectivity index (χ1v) is 10.6. The first-order valence-electron chi connectivity index (χ1n) is 8.11. The highest BCUT2D eigenvalue weighted by Gasteiger charge is 2.26. The summed E-state index contributed by atoms with van der Waals surface area (Å²) in [6.45, 7) is 4.27. The lowest BCUT2D eigenvalue weighted by molar-refractivity contribution is 0.234. The van der Waals surface area contributed by atoms with Crippen LogP contribution in [0.1, 0.15) is 5.56 Å². The van der Waals surface area contributed by atoms with E-state index in [0.717, 1.165) is 11.1 Å². The minimum Gasteiger partial charge on any atom is -0.298 e. The third-order valence-corrected chi connectivity index (χ3v) is 6.26. The molecule has 3 rings (SSSR count). The molecule has 0 fully saturated rings. The van der Waals surface area contributed by atoms with Crippen molar-refractivity contribution in [3.8, 4) is 11.4 Å². The highest BCUT2D eigenvalue weighted by Crippen LogP contribution is 2.27. The van der Waals surface area contributed by atoms with E-state index in [9.17, 15) is 17.2 Å². The molecular formula is C18H16F2N4O2S2. The van der Waals surface area contributed by atoms with E-state index >= 15 is 0 Å².